The van der Waals surface area contributed by atoms with E-state index < -0.39 is 10.0 Å². The Hall–Kier alpha value is -2.16. The maximum absolute atomic E-state index is 12.8. The lowest BCUT2D eigenvalue weighted by Gasteiger charge is -2.31. The molecule has 2 aliphatic rings. The summed E-state index contributed by atoms with van der Waals surface area (Å²) in [6, 6.07) is 11.9. The fraction of sp³-hybridized carbons (Fsp3) is 0.500. The third kappa shape index (κ3) is 4.77. The Balaban J connectivity index is 1.41. The number of hydrogen-bond acceptors (Lipinski definition) is 6. The molecule has 0 bridgehead atoms. The second-order valence-electron chi connectivity index (χ2n) is 8.12. The Morgan fingerprint density at radius 1 is 0.933 bits per heavy atom. The van der Waals surface area contributed by atoms with Gasteiger partial charge in [0.2, 0.25) is 10.0 Å². The first-order chi connectivity index (χ1) is 14.5. The van der Waals surface area contributed by atoms with Crippen molar-refractivity contribution in [2.75, 3.05) is 56.5 Å². The Kier molecular flexibility index (Phi) is 6.55. The van der Waals surface area contributed by atoms with E-state index in [1.807, 2.05) is 7.05 Å². The highest BCUT2D eigenvalue weighted by molar-refractivity contribution is 7.89. The van der Waals surface area contributed by atoms with Crippen molar-refractivity contribution < 1.29 is 8.42 Å². The molecule has 0 unspecified atom stereocenters. The maximum atomic E-state index is 12.8. The highest BCUT2D eigenvalue weighted by Gasteiger charge is 2.27. The fourth-order valence-electron chi connectivity index (χ4n) is 4.10. The summed E-state index contributed by atoms with van der Waals surface area (Å²) in [6.07, 6.45) is 5.26. The lowest BCUT2D eigenvalue weighted by Crippen LogP contribution is -2.47. The van der Waals surface area contributed by atoms with Crippen LogP contribution in [0.5, 0.6) is 0 Å². The van der Waals surface area contributed by atoms with Crippen molar-refractivity contribution in [3.63, 3.8) is 0 Å². The molecular weight excluding hydrogens is 398 g/mol. The molecule has 0 aliphatic carbocycles. The molecule has 4 rings (SSSR count). The number of pyridine rings is 1. The molecule has 0 spiro atoms. The standard InChI is InChI=1S/C22H31N5O2S/c1-25-13-15-27(16-14-25)30(28,29)20-9-10-22(24-18-20)23-17-19-7-3-4-8-21(19)26-11-5-2-6-12-26/h3-4,7-10,18H,2,5-6,11-17H2,1H3,(H,23,24). The third-order valence-electron chi connectivity index (χ3n) is 5.98. The number of likely N-dealkylation sites (N-methyl/N-ethyl adjacent to an activating group) is 1. The van der Waals surface area contributed by atoms with Crippen LogP contribution in [0, 0.1) is 0 Å². The number of aromatic nitrogens is 1. The van der Waals surface area contributed by atoms with Crippen LogP contribution in [0.1, 0.15) is 24.8 Å². The predicted molar refractivity (Wildman–Crippen MR) is 120 cm³/mol. The van der Waals surface area contributed by atoms with E-state index in [-0.39, 0.29) is 4.90 Å². The number of rotatable bonds is 6. The molecule has 0 radical (unpaired) electrons. The van der Waals surface area contributed by atoms with Crippen molar-refractivity contribution in [3.8, 4) is 0 Å². The van der Waals surface area contributed by atoms with Crippen molar-refractivity contribution in [3.05, 3.63) is 48.2 Å². The van der Waals surface area contributed by atoms with Crippen molar-refractivity contribution in [1.29, 1.82) is 0 Å². The first-order valence-corrected chi connectivity index (χ1v) is 12.2. The molecule has 2 fully saturated rings. The first kappa shape index (κ1) is 21.1. The van der Waals surface area contributed by atoms with E-state index in [4.69, 9.17) is 0 Å². The topological polar surface area (TPSA) is 68.8 Å². The van der Waals surface area contributed by atoms with Crippen LogP contribution < -0.4 is 10.2 Å². The summed E-state index contributed by atoms with van der Waals surface area (Å²) >= 11 is 0. The van der Waals surface area contributed by atoms with Gasteiger partial charge >= 0.3 is 0 Å². The summed E-state index contributed by atoms with van der Waals surface area (Å²) in [5, 5.41) is 3.35. The number of nitrogens with one attached hydrogen (secondary N) is 1. The molecule has 3 heterocycles. The van der Waals surface area contributed by atoms with Gasteiger partial charge in [0, 0.05) is 57.7 Å². The Morgan fingerprint density at radius 2 is 1.67 bits per heavy atom. The lowest BCUT2D eigenvalue weighted by atomic mass is 10.1. The molecule has 30 heavy (non-hydrogen) atoms. The molecule has 0 amide bonds. The highest BCUT2D eigenvalue weighted by Crippen LogP contribution is 2.25. The Bertz CT molecular complexity index is 934. The van der Waals surface area contributed by atoms with Gasteiger partial charge in [-0.05, 0) is 50.1 Å². The molecule has 1 N–H and O–H groups in total. The quantitative estimate of drug-likeness (QED) is 0.761. The Labute approximate surface area is 179 Å². The van der Waals surface area contributed by atoms with E-state index in [1.165, 1.54) is 36.7 Å². The van der Waals surface area contributed by atoms with Crippen LogP contribution in [-0.4, -0.2) is 68.9 Å². The first-order valence-electron chi connectivity index (χ1n) is 10.8. The zero-order valence-electron chi connectivity index (χ0n) is 17.6. The van der Waals surface area contributed by atoms with Crippen LogP contribution >= 0.6 is 0 Å². The van der Waals surface area contributed by atoms with Gasteiger partial charge in [-0.15, -0.1) is 0 Å². The summed E-state index contributed by atoms with van der Waals surface area (Å²) in [4.78, 5) is 9.22. The minimum absolute atomic E-state index is 0.256. The summed E-state index contributed by atoms with van der Waals surface area (Å²) in [7, 11) is -1.47. The van der Waals surface area contributed by atoms with Gasteiger partial charge < -0.3 is 15.1 Å². The SMILES string of the molecule is CN1CCN(S(=O)(=O)c2ccc(NCc3ccccc3N3CCCCC3)nc2)CC1. The van der Waals surface area contributed by atoms with Gasteiger partial charge in [-0.1, -0.05) is 18.2 Å². The van der Waals surface area contributed by atoms with Gasteiger partial charge in [0.15, 0.2) is 0 Å². The maximum Gasteiger partial charge on any atom is 0.244 e. The van der Waals surface area contributed by atoms with E-state index >= 15 is 0 Å². The number of hydrogen-bond donors (Lipinski definition) is 1. The number of piperazine rings is 1. The Morgan fingerprint density at radius 3 is 2.37 bits per heavy atom. The number of nitrogens with zero attached hydrogens (tertiary/aromatic N) is 4. The van der Waals surface area contributed by atoms with Crippen molar-refractivity contribution in [1.82, 2.24) is 14.2 Å². The third-order valence-corrected chi connectivity index (χ3v) is 7.87. The molecule has 1 aromatic carbocycles. The number of sulfonamides is 1. The summed E-state index contributed by atoms with van der Waals surface area (Å²) < 4.78 is 27.2. The van der Waals surface area contributed by atoms with Gasteiger partial charge in [-0.3, -0.25) is 0 Å². The zero-order valence-corrected chi connectivity index (χ0v) is 18.4. The van der Waals surface area contributed by atoms with Crippen molar-refractivity contribution >= 4 is 21.5 Å². The van der Waals surface area contributed by atoms with E-state index in [0.717, 1.165) is 26.2 Å². The largest absolute Gasteiger partial charge is 0.371 e. The minimum atomic E-state index is -3.48. The molecular formula is C22H31N5O2S. The van der Waals surface area contributed by atoms with Crippen LogP contribution in [0.15, 0.2) is 47.5 Å². The number of para-hydroxylation sites is 1. The van der Waals surface area contributed by atoms with Crippen molar-refractivity contribution in [2.24, 2.45) is 0 Å². The lowest BCUT2D eigenvalue weighted by molar-refractivity contribution is 0.222. The van der Waals surface area contributed by atoms with E-state index in [1.54, 1.807) is 16.4 Å². The van der Waals surface area contributed by atoms with Crippen molar-refractivity contribution in [2.45, 2.75) is 30.7 Å². The average molecular weight is 430 g/mol. The van der Waals surface area contributed by atoms with Gasteiger partial charge in [0.05, 0.1) is 0 Å². The van der Waals surface area contributed by atoms with E-state index in [2.05, 4.69) is 44.4 Å². The molecule has 2 aromatic rings. The van der Waals surface area contributed by atoms with E-state index in [9.17, 15) is 8.42 Å². The summed E-state index contributed by atoms with van der Waals surface area (Å²) in [5.41, 5.74) is 2.51. The molecule has 0 atom stereocenters. The van der Waals surface area contributed by atoms with Gasteiger partial charge in [0.25, 0.3) is 0 Å². The van der Waals surface area contributed by atoms with Gasteiger partial charge in [-0.2, -0.15) is 4.31 Å². The second-order valence-corrected chi connectivity index (χ2v) is 10.1. The van der Waals surface area contributed by atoms with Crippen LogP contribution in [0.3, 0.4) is 0 Å². The van der Waals surface area contributed by atoms with E-state index in [0.29, 0.717) is 25.5 Å². The second kappa shape index (κ2) is 9.32. The number of anilines is 2. The number of benzene rings is 1. The van der Waals surface area contributed by atoms with Crippen LogP contribution in [0.2, 0.25) is 0 Å². The molecule has 2 aliphatic heterocycles. The highest BCUT2D eigenvalue weighted by atomic mass is 32.2. The van der Waals surface area contributed by atoms with Gasteiger partial charge in [0.1, 0.15) is 10.7 Å². The monoisotopic (exact) mass is 429 g/mol. The molecule has 162 valence electrons. The smallest absolute Gasteiger partial charge is 0.244 e. The summed E-state index contributed by atoms with van der Waals surface area (Å²) in [5.74, 6) is 0.681. The zero-order chi connectivity index (χ0) is 21.0. The fourth-order valence-corrected chi connectivity index (χ4v) is 5.47. The average Bonchev–Trinajstić information content (AvgIpc) is 2.79. The predicted octanol–water partition coefficient (Wildman–Crippen LogP) is 2.62. The molecule has 8 heteroatoms. The normalized spacial score (nSPS) is 19.0. The molecule has 7 nitrogen and oxygen atoms in total. The minimum Gasteiger partial charge on any atom is -0.371 e. The molecule has 0 saturated carbocycles. The summed E-state index contributed by atoms with van der Waals surface area (Å²) in [6.45, 7) is 5.41. The molecule has 1 aromatic heterocycles. The van der Waals surface area contributed by atoms with Gasteiger partial charge in [-0.25, -0.2) is 13.4 Å². The van der Waals surface area contributed by atoms with Crippen LogP contribution in [0.25, 0.3) is 0 Å². The van der Waals surface area contributed by atoms with Crippen LogP contribution in [-0.2, 0) is 16.6 Å². The number of piperidine rings is 1. The molecule has 2 saturated heterocycles. The van der Waals surface area contributed by atoms with Crippen LogP contribution in [0.4, 0.5) is 11.5 Å².